The van der Waals surface area contributed by atoms with Crippen molar-refractivity contribution >= 4 is 24.0 Å². The second kappa shape index (κ2) is 4.02. The van der Waals surface area contributed by atoms with Gasteiger partial charge in [-0.05, 0) is 30.7 Å². The van der Waals surface area contributed by atoms with Crippen molar-refractivity contribution in [1.82, 2.24) is 4.98 Å². The van der Waals surface area contributed by atoms with E-state index in [0.29, 0.717) is 5.15 Å². The van der Waals surface area contributed by atoms with Gasteiger partial charge in [-0.15, -0.1) is 0 Å². The van der Waals surface area contributed by atoms with Gasteiger partial charge in [-0.2, -0.15) is 0 Å². The Balaban J connectivity index is 3.01. The molecule has 62 valence electrons. The van der Waals surface area contributed by atoms with E-state index in [2.05, 4.69) is 4.98 Å². The van der Waals surface area contributed by atoms with Gasteiger partial charge in [-0.25, -0.2) is 4.98 Å². The molecule has 0 fully saturated rings. The predicted octanol–water partition coefficient (Wildman–Crippen LogP) is 2.26. The summed E-state index contributed by atoms with van der Waals surface area (Å²) in [4.78, 5) is 14.0. The highest BCUT2D eigenvalue weighted by Crippen LogP contribution is 2.11. The van der Waals surface area contributed by atoms with Crippen LogP contribution in [0.2, 0.25) is 5.15 Å². The van der Waals surface area contributed by atoms with Crippen LogP contribution in [0, 0.1) is 6.92 Å². The number of aldehydes is 1. The predicted molar refractivity (Wildman–Crippen MR) is 49.1 cm³/mol. The summed E-state index contributed by atoms with van der Waals surface area (Å²) in [6, 6.07) is 3.52. The average molecular weight is 182 g/mol. The van der Waals surface area contributed by atoms with Crippen molar-refractivity contribution in [3.05, 3.63) is 34.6 Å². The Morgan fingerprint density at radius 3 is 2.83 bits per heavy atom. The van der Waals surface area contributed by atoms with Gasteiger partial charge in [0.1, 0.15) is 11.4 Å². The van der Waals surface area contributed by atoms with Gasteiger partial charge in [0, 0.05) is 5.69 Å². The molecule has 0 unspecified atom stereocenters. The molecule has 0 radical (unpaired) electrons. The van der Waals surface area contributed by atoms with Crippen LogP contribution in [0.25, 0.3) is 6.08 Å². The van der Waals surface area contributed by atoms with E-state index in [0.717, 1.165) is 17.5 Å². The highest BCUT2D eigenvalue weighted by atomic mass is 35.5. The van der Waals surface area contributed by atoms with Gasteiger partial charge >= 0.3 is 0 Å². The molecule has 0 aliphatic rings. The Hall–Kier alpha value is -1.15. The van der Waals surface area contributed by atoms with Crippen molar-refractivity contribution in [2.45, 2.75) is 6.92 Å². The Labute approximate surface area is 75.9 Å². The largest absolute Gasteiger partial charge is 0.299 e. The van der Waals surface area contributed by atoms with Crippen LogP contribution in [0.4, 0.5) is 0 Å². The smallest absolute Gasteiger partial charge is 0.142 e. The van der Waals surface area contributed by atoms with Gasteiger partial charge in [0.2, 0.25) is 0 Å². The summed E-state index contributed by atoms with van der Waals surface area (Å²) in [5.74, 6) is 0. The number of hydrogen-bond acceptors (Lipinski definition) is 2. The minimum Gasteiger partial charge on any atom is -0.299 e. The van der Waals surface area contributed by atoms with E-state index in [4.69, 9.17) is 11.6 Å². The molecule has 0 saturated carbocycles. The zero-order chi connectivity index (χ0) is 8.97. The molecule has 0 spiro atoms. The molecule has 0 aliphatic carbocycles. The number of aryl methyl sites for hydroxylation is 1. The van der Waals surface area contributed by atoms with Crippen LogP contribution in [-0.4, -0.2) is 11.3 Å². The first-order valence-electron chi connectivity index (χ1n) is 3.49. The maximum Gasteiger partial charge on any atom is 0.142 e. The van der Waals surface area contributed by atoms with Gasteiger partial charge in [-0.3, -0.25) is 4.79 Å². The van der Waals surface area contributed by atoms with E-state index < -0.39 is 0 Å². The molecule has 0 aromatic carbocycles. The fourth-order valence-electron chi connectivity index (χ4n) is 0.860. The normalized spacial score (nSPS) is 10.5. The maximum atomic E-state index is 10.0. The summed E-state index contributed by atoms with van der Waals surface area (Å²) in [5, 5.41) is 0.468. The van der Waals surface area contributed by atoms with E-state index in [1.165, 1.54) is 6.08 Å². The minimum atomic E-state index is 0.468. The number of nitrogens with zero attached hydrogens (tertiary/aromatic N) is 1. The van der Waals surface area contributed by atoms with Crippen molar-refractivity contribution in [3.8, 4) is 0 Å². The number of carbonyl (C=O) groups is 1. The molecule has 1 aromatic heterocycles. The van der Waals surface area contributed by atoms with Crippen LogP contribution >= 0.6 is 11.6 Å². The van der Waals surface area contributed by atoms with Gasteiger partial charge in [-0.1, -0.05) is 17.7 Å². The number of aromatic nitrogens is 1. The van der Waals surface area contributed by atoms with Crippen LogP contribution in [0.15, 0.2) is 18.2 Å². The summed E-state index contributed by atoms with van der Waals surface area (Å²) < 4.78 is 0. The van der Waals surface area contributed by atoms with Crippen molar-refractivity contribution in [3.63, 3.8) is 0 Å². The maximum absolute atomic E-state index is 10.0. The van der Waals surface area contributed by atoms with Crippen LogP contribution < -0.4 is 0 Å². The number of carbonyl (C=O) groups excluding carboxylic acids is 1. The van der Waals surface area contributed by atoms with Gasteiger partial charge in [0.15, 0.2) is 0 Å². The van der Waals surface area contributed by atoms with Crippen molar-refractivity contribution in [1.29, 1.82) is 0 Å². The van der Waals surface area contributed by atoms with E-state index >= 15 is 0 Å². The fraction of sp³-hybridized carbons (Fsp3) is 0.111. The number of pyridine rings is 1. The van der Waals surface area contributed by atoms with Crippen LogP contribution in [-0.2, 0) is 4.79 Å². The van der Waals surface area contributed by atoms with Crippen molar-refractivity contribution in [2.75, 3.05) is 0 Å². The molecule has 1 rings (SSSR count). The Morgan fingerprint density at radius 2 is 2.25 bits per heavy atom. The molecular weight excluding hydrogens is 174 g/mol. The van der Waals surface area contributed by atoms with E-state index in [9.17, 15) is 4.79 Å². The standard InChI is InChI=1S/C9H8ClNO/c1-7-8(3-2-6-12)4-5-9(10)11-7/h2-6H,1H3. The Morgan fingerprint density at radius 1 is 1.50 bits per heavy atom. The molecule has 0 amide bonds. The van der Waals surface area contributed by atoms with Crippen LogP contribution in [0.3, 0.4) is 0 Å². The molecule has 3 heteroatoms. The van der Waals surface area contributed by atoms with E-state index in [-0.39, 0.29) is 0 Å². The summed E-state index contributed by atoms with van der Waals surface area (Å²) in [7, 11) is 0. The number of allylic oxidation sites excluding steroid dienone is 1. The monoisotopic (exact) mass is 181 g/mol. The lowest BCUT2D eigenvalue weighted by Crippen LogP contribution is -1.85. The molecule has 12 heavy (non-hydrogen) atoms. The molecule has 0 bridgehead atoms. The van der Waals surface area contributed by atoms with Crippen molar-refractivity contribution in [2.24, 2.45) is 0 Å². The minimum absolute atomic E-state index is 0.468. The third-order valence-electron chi connectivity index (χ3n) is 1.45. The van der Waals surface area contributed by atoms with Crippen LogP contribution in [0.1, 0.15) is 11.3 Å². The van der Waals surface area contributed by atoms with Gasteiger partial charge in [0.25, 0.3) is 0 Å². The average Bonchev–Trinajstić information content (AvgIpc) is 2.03. The lowest BCUT2D eigenvalue weighted by Gasteiger charge is -1.97. The molecular formula is C9H8ClNO. The first-order chi connectivity index (χ1) is 5.74. The highest BCUT2D eigenvalue weighted by Gasteiger charge is 1.95. The van der Waals surface area contributed by atoms with Gasteiger partial charge < -0.3 is 0 Å². The molecule has 2 nitrogen and oxygen atoms in total. The van der Waals surface area contributed by atoms with E-state index in [1.807, 2.05) is 13.0 Å². The number of hydrogen-bond donors (Lipinski definition) is 0. The number of rotatable bonds is 2. The first kappa shape index (κ1) is 8.94. The number of halogens is 1. The summed E-state index contributed by atoms with van der Waals surface area (Å²) in [6.07, 6.45) is 3.86. The summed E-state index contributed by atoms with van der Waals surface area (Å²) in [6.45, 7) is 1.84. The summed E-state index contributed by atoms with van der Waals surface area (Å²) >= 11 is 5.65. The Kier molecular flexibility index (Phi) is 3.00. The molecule has 0 aliphatic heterocycles. The Bertz CT molecular complexity index is 320. The molecule has 0 saturated heterocycles. The zero-order valence-corrected chi connectivity index (χ0v) is 7.38. The molecule has 0 N–H and O–H groups in total. The fourth-order valence-corrected chi connectivity index (χ4v) is 1.05. The molecule has 1 heterocycles. The lowest BCUT2D eigenvalue weighted by molar-refractivity contribution is -0.104. The molecule has 1 aromatic rings. The van der Waals surface area contributed by atoms with Crippen molar-refractivity contribution < 1.29 is 4.79 Å². The highest BCUT2D eigenvalue weighted by molar-refractivity contribution is 6.29. The SMILES string of the molecule is Cc1nc(Cl)ccc1C=CC=O. The molecule has 0 atom stereocenters. The lowest BCUT2D eigenvalue weighted by atomic mass is 10.2. The summed E-state index contributed by atoms with van der Waals surface area (Å²) in [5.41, 5.74) is 1.73. The first-order valence-corrected chi connectivity index (χ1v) is 3.87. The topological polar surface area (TPSA) is 30.0 Å². The quantitative estimate of drug-likeness (QED) is 0.398. The van der Waals surface area contributed by atoms with E-state index in [1.54, 1.807) is 12.1 Å². The second-order valence-corrected chi connectivity index (χ2v) is 2.69. The van der Waals surface area contributed by atoms with Crippen LogP contribution in [0.5, 0.6) is 0 Å². The third kappa shape index (κ3) is 2.17. The van der Waals surface area contributed by atoms with Gasteiger partial charge in [0.05, 0.1) is 0 Å². The zero-order valence-electron chi connectivity index (χ0n) is 6.62. The second-order valence-electron chi connectivity index (χ2n) is 2.30. The third-order valence-corrected chi connectivity index (χ3v) is 1.66.